The van der Waals surface area contributed by atoms with E-state index in [-0.39, 0.29) is 12.2 Å². The number of aromatic nitrogens is 5. The first kappa shape index (κ1) is 20.6. The monoisotopic (exact) mass is 443 g/mol. The van der Waals surface area contributed by atoms with Crippen molar-refractivity contribution in [3.63, 3.8) is 0 Å². The fourth-order valence-corrected chi connectivity index (χ4v) is 3.91. The molecule has 10 nitrogen and oxygen atoms in total. The first-order chi connectivity index (χ1) is 15.8. The van der Waals surface area contributed by atoms with Crippen molar-refractivity contribution in [2.24, 2.45) is 0 Å². The van der Waals surface area contributed by atoms with Crippen molar-refractivity contribution in [3.05, 3.63) is 93.0 Å². The van der Waals surface area contributed by atoms with Crippen molar-refractivity contribution in [2.45, 2.75) is 27.3 Å². The summed E-state index contributed by atoms with van der Waals surface area (Å²) in [7, 11) is 0. The lowest BCUT2D eigenvalue weighted by molar-refractivity contribution is -0.0190. The zero-order chi connectivity index (χ0) is 23.3. The van der Waals surface area contributed by atoms with Crippen molar-refractivity contribution in [1.29, 1.82) is 5.41 Å². The molecular formula is C23H21N7O3. The SMILES string of the molecule is CC1=CC(=c2c(-c3ccccc3)nc(=N)n3c(=O)n(Cc4ncoc4C)nc23)C=C(C)N1O. The summed E-state index contributed by atoms with van der Waals surface area (Å²) < 4.78 is 7.68. The molecule has 4 heterocycles. The smallest absolute Gasteiger partial charge is 0.353 e. The molecule has 10 heteroatoms. The molecule has 0 spiro atoms. The van der Waals surface area contributed by atoms with Crippen LogP contribution in [0.3, 0.4) is 0 Å². The van der Waals surface area contributed by atoms with Crippen LogP contribution >= 0.6 is 0 Å². The van der Waals surface area contributed by atoms with E-state index >= 15 is 0 Å². The highest BCUT2D eigenvalue weighted by atomic mass is 16.5. The Bertz CT molecular complexity index is 1600. The number of nitrogens with zero attached hydrogens (tertiary/aromatic N) is 6. The Balaban J connectivity index is 1.91. The van der Waals surface area contributed by atoms with Crippen molar-refractivity contribution in [1.82, 2.24) is 29.2 Å². The molecule has 2 N–H and O–H groups in total. The van der Waals surface area contributed by atoms with Crippen molar-refractivity contribution >= 4 is 11.2 Å². The number of allylic oxidation sites excluding steroid dienone is 4. The summed E-state index contributed by atoms with van der Waals surface area (Å²) in [5, 5.41) is 25.0. The van der Waals surface area contributed by atoms with E-state index in [1.165, 1.54) is 15.5 Å². The van der Waals surface area contributed by atoms with Crippen LogP contribution in [0.5, 0.6) is 0 Å². The van der Waals surface area contributed by atoms with Crippen molar-refractivity contribution in [2.75, 3.05) is 0 Å². The van der Waals surface area contributed by atoms with Crippen LogP contribution in [0.4, 0.5) is 0 Å². The van der Waals surface area contributed by atoms with Gasteiger partial charge in [0.05, 0.1) is 17.5 Å². The normalized spacial score (nSPS) is 14.1. The number of hydrogen-bond acceptors (Lipinski definition) is 8. The zero-order valence-electron chi connectivity index (χ0n) is 18.3. The van der Waals surface area contributed by atoms with Crippen LogP contribution in [0.2, 0.25) is 0 Å². The summed E-state index contributed by atoms with van der Waals surface area (Å²) in [5.41, 5.74) is 3.42. The van der Waals surface area contributed by atoms with Gasteiger partial charge in [-0.1, -0.05) is 30.3 Å². The highest BCUT2D eigenvalue weighted by Crippen LogP contribution is 2.22. The van der Waals surface area contributed by atoms with Gasteiger partial charge in [-0.25, -0.2) is 28.9 Å². The molecule has 0 saturated carbocycles. The van der Waals surface area contributed by atoms with Gasteiger partial charge in [0.2, 0.25) is 5.62 Å². The van der Waals surface area contributed by atoms with Gasteiger partial charge in [-0.05, 0) is 38.5 Å². The maximum atomic E-state index is 13.2. The lowest BCUT2D eigenvalue weighted by Gasteiger charge is -2.22. The summed E-state index contributed by atoms with van der Waals surface area (Å²) in [6.07, 6.45) is 4.91. The lowest BCUT2D eigenvalue weighted by atomic mass is 10.0. The Hall–Kier alpha value is -4.31. The van der Waals surface area contributed by atoms with Gasteiger partial charge in [-0.15, -0.1) is 5.10 Å². The molecule has 1 aromatic carbocycles. The molecule has 166 valence electrons. The maximum absolute atomic E-state index is 13.2. The van der Waals surface area contributed by atoms with Crippen LogP contribution < -0.4 is 16.5 Å². The average Bonchev–Trinajstić information content (AvgIpc) is 3.35. The highest BCUT2D eigenvalue weighted by molar-refractivity contribution is 5.79. The third-order valence-electron chi connectivity index (χ3n) is 5.61. The summed E-state index contributed by atoms with van der Waals surface area (Å²) in [6, 6.07) is 9.45. The minimum atomic E-state index is -0.493. The molecule has 1 aliphatic rings. The quantitative estimate of drug-likeness (QED) is 0.494. The molecule has 0 saturated heterocycles. The van der Waals surface area contributed by atoms with Gasteiger partial charge < -0.3 is 4.42 Å². The minimum Gasteiger partial charge on any atom is -0.448 e. The third kappa shape index (κ3) is 3.37. The number of hydrogen-bond donors (Lipinski definition) is 2. The molecule has 1 aliphatic heterocycles. The third-order valence-corrected chi connectivity index (χ3v) is 5.61. The summed E-state index contributed by atoms with van der Waals surface area (Å²) in [6.45, 7) is 5.42. The Kier molecular flexibility index (Phi) is 4.79. The van der Waals surface area contributed by atoms with E-state index in [0.29, 0.717) is 39.4 Å². The summed E-state index contributed by atoms with van der Waals surface area (Å²) in [4.78, 5) is 21.9. The Labute approximate surface area is 187 Å². The van der Waals surface area contributed by atoms with Crippen LogP contribution in [0.15, 0.2) is 69.5 Å². The number of hydroxylamine groups is 2. The van der Waals surface area contributed by atoms with Gasteiger partial charge in [-0.2, -0.15) is 0 Å². The second-order valence-corrected chi connectivity index (χ2v) is 7.82. The van der Waals surface area contributed by atoms with Gasteiger partial charge in [0.1, 0.15) is 11.5 Å². The van der Waals surface area contributed by atoms with Gasteiger partial charge >= 0.3 is 5.69 Å². The topological polar surface area (TPSA) is 126 Å². The van der Waals surface area contributed by atoms with Crippen molar-refractivity contribution in [3.8, 4) is 11.3 Å². The second kappa shape index (κ2) is 7.68. The van der Waals surface area contributed by atoms with E-state index in [0.717, 1.165) is 16.2 Å². The van der Waals surface area contributed by atoms with Gasteiger partial charge in [0, 0.05) is 17.0 Å². The fraction of sp³-hybridized carbons (Fsp3) is 0.174. The van der Waals surface area contributed by atoms with Crippen molar-refractivity contribution < 1.29 is 9.62 Å². The highest BCUT2D eigenvalue weighted by Gasteiger charge is 2.20. The molecule has 33 heavy (non-hydrogen) atoms. The average molecular weight is 443 g/mol. The van der Waals surface area contributed by atoms with E-state index < -0.39 is 5.69 Å². The molecular weight excluding hydrogens is 422 g/mol. The molecule has 0 radical (unpaired) electrons. The van der Waals surface area contributed by atoms with E-state index in [1.807, 2.05) is 30.3 Å². The molecule has 0 fully saturated rings. The Morgan fingerprint density at radius 3 is 2.42 bits per heavy atom. The lowest BCUT2D eigenvalue weighted by Crippen LogP contribution is -2.34. The molecule has 4 aromatic rings. The zero-order valence-corrected chi connectivity index (χ0v) is 18.3. The van der Waals surface area contributed by atoms with E-state index in [2.05, 4.69) is 15.1 Å². The standard InChI is InChI=1S/C23H21N7O3/c1-13-9-17(10-14(2)30(13)32)19-20(16-7-5-4-6-8-16)26-22(24)29-21(19)27-28(23(29)31)11-18-15(3)33-12-25-18/h4-10,12,24,32H,11H2,1-3H3. The molecule has 0 bridgehead atoms. The first-order valence-corrected chi connectivity index (χ1v) is 10.3. The number of nitrogens with one attached hydrogen (secondary N) is 1. The van der Waals surface area contributed by atoms with E-state index in [4.69, 9.17) is 9.83 Å². The van der Waals surface area contributed by atoms with Crippen LogP contribution in [0.25, 0.3) is 22.5 Å². The van der Waals surface area contributed by atoms with Crippen LogP contribution in [0.1, 0.15) is 25.3 Å². The maximum Gasteiger partial charge on any atom is 0.353 e. The Morgan fingerprint density at radius 2 is 1.79 bits per heavy atom. The number of rotatable bonds is 3. The predicted molar refractivity (Wildman–Crippen MR) is 119 cm³/mol. The number of fused-ring (bicyclic) bond motifs is 1. The summed E-state index contributed by atoms with van der Waals surface area (Å²) >= 11 is 0. The van der Waals surface area contributed by atoms with Gasteiger partial charge in [0.25, 0.3) is 0 Å². The van der Waals surface area contributed by atoms with Gasteiger partial charge in [0.15, 0.2) is 12.0 Å². The molecule has 5 rings (SSSR count). The number of oxazole rings is 1. The number of benzene rings is 1. The number of aryl methyl sites for hydroxylation is 1. The van der Waals surface area contributed by atoms with Crippen LogP contribution in [-0.2, 0) is 6.54 Å². The minimum absolute atomic E-state index is 0.103. The summed E-state index contributed by atoms with van der Waals surface area (Å²) in [5.74, 6) is 0.593. The molecule has 3 aromatic heterocycles. The second-order valence-electron chi connectivity index (χ2n) is 7.82. The molecule has 0 amide bonds. The predicted octanol–water partition coefficient (Wildman–Crippen LogP) is 1.76. The Morgan fingerprint density at radius 1 is 1.09 bits per heavy atom. The van der Waals surface area contributed by atoms with Gasteiger partial charge in [-0.3, -0.25) is 10.6 Å². The molecule has 0 aliphatic carbocycles. The van der Waals surface area contributed by atoms with Crippen LogP contribution in [0, 0.1) is 12.3 Å². The molecule has 0 atom stereocenters. The fourth-order valence-electron chi connectivity index (χ4n) is 3.91. The largest absolute Gasteiger partial charge is 0.448 e. The first-order valence-electron chi connectivity index (χ1n) is 10.3. The van der Waals surface area contributed by atoms with E-state index in [1.54, 1.807) is 32.9 Å². The van der Waals surface area contributed by atoms with Crippen LogP contribution in [-0.4, -0.2) is 34.4 Å². The van der Waals surface area contributed by atoms with E-state index in [9.17, 15) is 10.0 Å². The molecule has 0 unspecified atom stereocenters.